The molecule has 0 saturated carbocycles. The van der Waals surface area contributed by atoms with E-state index >= 15 is 0 Å². The van der Waals surface area contributed by atoms with Gasteiger partial charge in [0.2, 0.25) is 0 Å². The van der Waals surface area contributed by atoms with Gasteiger partial charge in [-0.15, -0.1) is 0 Å². The van der Waals surface area contributed by atoms with Crippen molar-refractivity contribution < 1.29 is 42.1 Å². The van der Waals surface area contributed by atoms with Crippen LogP contribution in [0.15, 0.2) is 24.3 Å². The Morgan fingerprint density at radius 3 is 1.46 bits per heavy atom. The van der Waals surface area contributed by atoms with Gasteiger partial charge in [-0.25, -0.2) is 0 Å². The fourth-order valence-electron chi connectivity index (χ4n) is 5.58. The maximum absolute atomic E-state index is 12.6. The van der Waals surface area contributed by atoms with Gasteiger partial charge in [-0.05, 0) is 64.2 Å². The van der Waals surface area contributed by atoms with Crippen LogP contribution in [0.5, 0.6) is 0 Å². The summed E-state index contributed by atoms with van der Waals surface area (Å²) in [6.45, 7) is 4.18. The molecule has 0 heterocycles. The number of nitrogens with zero attached hydrogens (tertiary/aromatic N) is 1. The number of quaternary nitrogens is 1. The largest absolute Gasteiger partial charge is 0.756 e. The number of ether oxygens (including phenoxy) is 2. The second kappa shape index (κ2) is 35.2. The maximum atomic E-state index is 12.6. The molecule has 0 rings (SSSR count). The molecule has 306 valence electrons. The van der Waals surface area contributed by atoms with E-state index in [1.807, 2.05) is 21.1 Å². The molecule has 0 aromatic carbocycles. The lowest BCUT2D eigenvalue weighted by Crippen LogP contribution is -2.37. The van der Waals surface area contributed by atoms with Crippen molar-refractivity contribution in [2.45, 2.75) is 187 Å². The van der Waals surface area contributed by atoms with Gasteiger partial charge in [0, 0.05) is 12.8 Å². The molecule has 1 unspecified atom stereocenters. The van der Waals surface area contributed by atoms with Crippen LogP contribution in [-0.4, -0.2) is 70.0 Å². The fraction of sp³-hybridized carbons (Fsp3) is 0.857. The molecule has 0 bridgehead atoms. The highest BCUT2D eigenvalue weighted by Crippen LogP contribution is 2.38. The first kappa shape index (κ1) is 50.5. The van der Waals surface area contributed by atoms with Crippen molar-refractivity contribution in [3.05, 3.63) is 24.3 Å². The van der Waals surface area contributed by atoms with Crippen LogP contribution in [0.2, 0.25) is 0 Å². The minimum Gasteiger partial charge on any atom is -0.756 e. The maximum Gasteiger partial charge on any atom is 0.306 e. The Morgan fingerprint density at radius 2 is 0.981 bits per heavy atom. The summed E-state index contributed by atoms with van der Waals surface area (Å²) < 4.78 is 33.8. The summed E-state index contributed by atoms with van der Waals surface area (Å²) in [7, 11) is 1.15. The zero-order chi connectivity index (χ0) is 38.6. The summed E-state index contributed by atoms with van der Waals surface area (Å²) >= 11 is 0. The average molecular weight is 758 g/mol. The predicted octanol–water partition coefficient (Wildman–Crippen LogP) is 10.9. The number of rotatable bonds is 38. The molecule has 0 fully saturated rings. The molecule has 0 aromatic heterocycles. The zero-order valence-corrected chi connectivity index (χ0v) is 35.2. The van der Waals surface area contributed by atoms with Crippen LogP contribution in [0.4, 0.5) is 0 Å². The minimum atomic E-state index is -4.62. The van der Waals surface area contributed by atoms with Crippen LogP contribution < -0.4 is 4.89 Å². The van der Waals surface area contributed by atoms with E-state index in [1.54, 1.807) is 0 Å². The van der Waals surface area contributed by atoms with Crippen LogP contribution in [0.1, 0.15) is 181 Å². The molecular weight excluding hydrogens is 677 g/mol. The molecule has 52 heavy (non-hydrogen) atoms. The van der Waals surface area contributed by atoms with Crippen molar-refractivity contribution in [2.75, 3.05) is 47.5 Å². The van der Waals surface area contributed by atoms with Crippen molar-refractivity contribution in [1.82, 2.24) is 0 Å². The van der Waals surface area contributed by atoms with Gasteiger partial charge < -0.3 is 27.9 Å². The number of phosphoric ester groups is 1. The average Bonchev–Trinajstić information content (AvgIpc) is 3.09. The molecule has 0 aromatic rings. The quantitative estimate of drug-likeness (QED) is 0.0201. The summed E-state index contributed by atoms with van der Waals surface area (Å²) in [5.74, 6) is -0.861. The Kier molecular flexibility index (Phi) is 34.2. The third-order valence-corrected chi connectivity index (χ3v) is 9.91. The molecule has 0 aliphatic carbocycles. The number of phosphoric acid groups is 1. The van der Waals surface area contributed by atoms with Gasteiger partial charge in [0.25, 0.3) is 7.82 Å². The van der Waals surface area contributed by atoms with Crippen molar-refractivity contribution in [3.63, 3.8) is 0 Å². The third-order valence-electron chi connectivity index (χ3n) is 8.94. The second-order valence-electron chi connectivity index (χ2n) is 15.3. The number of unbranched alkanes of at least 4 members (excludes halogenated alkanes) is 20. The van der Waals surface area contributed by atoms with Gasteiger partial charge in [-0.3, -0.25) is 14.2 Å². The number of allylic oxidation sites excluding steroid dienone is 4. The summed E-state index contributed by atoms with van der Waals surface area (Å²) in [6.07, 6.45) is 36.3. The van der Waals surface area contributed by atoms with Crippen molar-refractivity contribution in [3.8, 4) is 0 Å². The molecule has 0 saturated heterocycles. The van der Waals surface area contributed by atoms with Crippen LogP contribution in [0, 0.1) is 0 Å². The number of hydrogen-bond donors (Lipinski definition) is 0. The van der Waals surface area contributed by atoms with E-state index in [-0.39, 0.29) is 26.1 Å². The van der Waals surface area contributed by atoms with Gasteiger partial charge in [-0.1, -0.05) is 128 Å². The van der Waals surface area contributed by atoms with Gasteiger partial charge in [0.1, 0.15) is 19.8 Å². The highest BCUT2D eigenvalue weighted by atomic mass is 31.2. The topological polar surface area (TPSA) is 111 Å². The molecule has 9 nitrogen and oxygen atoms in total. The standard InChI is InChI=1S/C42H80NO8P/c1-6-8-10-12-14-16-18-20-21-23-24-26-28-30-32-34-41(44)48-38-40(39-50-52(46,47)49-37-36-43(3,4)5)51-42(45)35-33-31-29-27-25-22-19-17-15-13-11-9-7-2/h17,19,23-24,40H,6-16,18,20-22,25-39H2,1-5H3/b19-17+,24-23+/t40-/m1/s1. The summed E-state index contributed by atoms with van der Waals surface area (Å²) in [5.41, 5.74) is 0. The first-order valence-electron chi connectivity index (χ1n) is 21.0. The SMILES string of the molecule is CCCCCC/C=C/CCCCCCCC(=O)O[C@H](COC(=O)CCCCC/C=C/CCCCCCCCCC)COP(=O)([O-])OCC[N+](C)(C)C. The summed E-state index contributed by atoms with van der Waals surface area (Å²) in [6, 6.07) is 0. The fourth-order valence-corrected chi connectivity index (χ4v) is 6.31. The van der Waals surface area contributed by atoms with Gasteiger partial charge in [0.15, 0.2) is 6.10 Å². The molecule has 0 amide bonds. The Hall–Kier alpha value is -1.51. The molecule has 0 aliphatic rings. The van der Waals surface area contributed by atoms with E-state index in [9.17, 15) is 19.0 Å². The minimum absolute atomic E-state index is 0.0336. The Balaban J connectivity index is 4.41. The lowest BCUT2D eigenvalue weighted by Gasteiger charge is -2.28. The van der Waals surface area contributed by atoms with Crippen molar-refractivity contribution in [2.24, 2.45) is 0 Å². The number of hydrogen-bond acceptors (Lipinski definition) is 8. The van der Waals surface area contributed by atoms with Crippen molar-refractivity contribution >= 4 is 19.8 Å². The van der Waals surface area contributed by atoms with Crippen LogP contribution in [-0.2, 0) is 32.7 Å². The molecule has 0 aliphatic heterocycles. The van der Waals surface area contributed by atoms with Crippen LogP contribution >= 0.6 is 7.82 Å². The van der Waals surface area contributed by atoms with E-state index < -0.39 is 32.5 Å². The third kappa shape index (κ3) is 38.2. The van der Waals surface area contributed by atoms with Gasteiger partial charge in [-0.2, -0.15) is 0 Å². The zero-order valence-electron chi connectivity index (χ0n) is 34.3. The molecule has 2 atom stereocenters. The predicted molar refractivity (Wildman–Crippen MR) is 213 cm³/mol. The molecule has 0 spiro atoms. The van der Waals surface area contributed by atoms with Crippen LogP contribution in [0.25, 0.3) is 0 Å². The summed E-state index contributed by atoms with van der Waals surface area (Å²) in [5, 5.41) is 0. The first-order valence-corrected chi connectivity index (χ1v) is 22.5. The molecule has 10 heteroatoms. The van der Waals surface area contributed by atoms with Crippen LogP contribution in [0.3, 0.4) is 0 Å². The van der Waals surface area contributed by atoms with E-state index in [0.29, 0.717) is 23.9 Å². The van der Waals surface area contributed by atoms with E-state index in [1.165, 1.54) is 83.5 Å². The first-order chi connectivity index (χ1) is 25.0. The van der Waals surface area contributed by atoms with E-state index in [0.717, 1.165) is 57.8 Å². The molecule has 0 radical (unpaired) electrons. The van der Waals surface area contributed by atoms with E-state index in [2.05, 4.69) is 38.2 Å². The van der Waals surface area contributed by atoms with E-state index in [4.69, 9.17) is 18.5 Å². The number of carbonyl (C=O) groups excluding carboxylic acids is 2. The Labute approximate surface area is 319 Å². The Bertz CT molecular complexity index is 949. The number of carbonyl (C=O) groups is 2. The van der Waals surface area contributed by atoms with Crippen molar-refractivity contribution in [1.29, 1.82) is 0 Å². The summed E-state index contributed by atoms with van der Waals surface area (Å²) in [4.78, 5) is 37.4. The Morgan fingerprint density at radius 1 is 0.577 bits per heavy atom. The smallest absolute Gasteiger partial charge is 0.306 e. The van der Waals surface area contributed by atoms with Gasteiger partial charge in [0.05, 0.1) is 27.7 Å². The highest BCUT2D eigenvalue weighted by Gasteiger charge is 2.21. The monoisotopic (exact) mass is 758 g/mol. The molecular formula is C42H80NO8P. The lowest BCUT2D eigenvalue weighted by atomic mass is 10.1. The van der Waals surface area contributed by atoms with Gasteiger partial charge >= 0.3 is 11.9 Å². The lowest BCUT2D eigenvalue weighted by molar-refractivity contribution is -0.870. The number of esters is 2. The second-order valence-corrected chi connectivity index (χ2v) is 16.8. The number of likely N-dealkylation sites (N-methyl/N-ethyl adjacent to an activating group) is 1. The highest BCUT2D eigenvalue weighted by molar-refractivity contribution is 7.45. The normalized spacial score (nSPS) is 13.9. The molecule has 0 N–H and O–H groups in total.